The standard InChI is InChI=1S/C18H19ClFNO3/c1-18(21,17(22)23-2)10-12-6-8-13(9-7-12)24-11-14-15(19)4-3-5-16(14)20/h3-9H,10-11,21H2,1-2H3/t18-/m1/s1. The molecule has 0 saturated heterocycles. The first-order valence-electron chi connectivity index (χ1n) is 7.35. The second-order valence-corrected chi connectivity index (χ2v) is 6.13. The Morgan fingerprint density at radius 3 is 2.50 bits per heavy atom. The van der Waals surface area contributed by atoms with Gasteiger partial charge < -0.3 is 15.2 Å². The van der Waals surface area contributed by atoms with Crippen molar-refractivity contribution in [2.75, 3.05) is 7.11 Å². The molecular formula is C18H19ClFNO3. The fourth-order valence-electron chi connectivity index (χ4n) is 2.26. The lowest BCUT2D eigenvalue weighted by Gasteiger charge is -2.21. The van der Waals surface area contributed by atoms with E-state index in [0.717, 1.165) is 5.56 Å². The van der Waals surface area contributed by atoms with Crippen molar-refractivity contribution >= 4 is 17.6 Å². The zero-order chi connectivity index (χ0) is 17.7. The maximum absolute atomic E-state index is 13.7. The molecule has 0 radical (unpaired) electrons. The summed E-state index contributed by atoms with van der Waals surface area (Å²) in [4.78, 5) is 11.6. The molecule has 4 nitrogen and oxygen atoms in total. The van der Waals surface area contributed by atoms with Crippen LogP contribution in [0, 0.1) is 5.82 Å². The molecule has 6 heteroatoms. The second kappa shape index (κ2) is 7.64. The van der Waals surface area contributed by atoms with Crippen LogP contribution in [0.15, 0.2) is 42.5 Å². The molecule has 0 amide bonds. The third-order valence-corrected chi connectivity index (χ3v) is 3.95. The van der Waals surface area contributed by atoms with Gasteiger partial charge in [0.15, 0.2) is 0 Å². The Bertz CT molecular complexity index is 696. The van der Waals surface area contributed by atoms with Crippen LogP contribution < -0.4 is 10.5 Å². The zero-order valence-corrected chi connectivity index (χ0v) is 14.3. The first-order valence-corrected chi connectivity index (χ1v) is 7.73. The van der Waals surface area contributed by atoms with Gasteiger partial charge in [-0.1, -0.05) is 29.8 Å². The molecular weight excluding hydrogens is 333 g/mol. The number of ether oxygens (including phenoxy) is 2. The van der Waals surface area contributed by atoms with E-state index >= 15 is 0 Å². The minimum absolute atomic E-state index is 0.0294. The molecule has 2 rings (SSSR count). The highest BCUT2D eigenvalue weighted by Crippen LogP contribution is 2.22. The predicted molar refractivity (Wildman–Crippen MR) is 90.5 cm³/mol. The molecule has 2 aromatic rings. The highest BCUT2D eigenvalue weighted by Gasteiger charge is 2.29. The van der Waals surface area contributed by atoms with E-state index in [-0.39, 0.29) is 6.61 Å². The number of nitrogens with two attached hydrogens (primary N) is 1. The van der Waals surface area contributed by atoms with Crippen molar-refractivity contribution in [2.45, 2.75) is 25.5 Å². The fourth-order valence-corrected chi connectivity index (χ4v) is 2.48. The van der Waals surface area contributed by atoms with Crippen molar-refractivity contribution in [3.63, 3.8) is 0 Å². The summed E-state index contributed by atoms with van der Waals surface area (Å²) in [6, 6.07) is 11.6. The first-order chi connectivity index (χ1) is 11.3. The molecule has 0 saturated carbocycles. The van der Waals surface area contributed by atoms with Crippen LogP contribution >= 0.6 is 11.6 Å². The number of benzene rings is 2. The van der Waals surface area contributed by atoms with Gasteiger partial charge in [-0.05, 0) is 36.8 Å². The lowest BCUT2D eigenvalue weighted by molar-refractivity contribution is -0.146. The summed E-state index contributed by atoms with van der Waals surface area (Å²) in [5, 5.41) is 0.323. The smallest absolute Gasteiger partial charge is 0.325 e. The molecule has 0 aromatic heterocycles. The van der Waals surface area contributed by atoms with Gasteiger partial charge in [-0.15, -0.1) is 0 Å². The second-order valence-electron chi connectivity index (χ2n) is 5.72. The topological polar surface area (TPSA) is 61.5 Å². The summed E-state index contributed by atoms with van der Waals surface area (Å²) in [5.41, 5.74) is 6.02. The quantitative estimate of drug-likeness (QED) is 0.809. The van der Waals surface area contributed by atoms with E-state index in [1.807, 2.05) is 0 Å². The number of methoxy groups -OCH3 is 1. The third-order valence-electron chi connectivity index (χ3n) is 3.59. The Kier molecular flexibility index (Phi) is 5.80. The van der Waals surface area contributed by atoms with Gasteiger partial charge in [0.25, 0.3) is 0 Å². The SMILES string of the molecule is COC(=O)[C@](C)(N)Cc1ccc(OCc2c(F)cccc2Cl)cc1. The van der Waals surface area contributed by atoms with E-state index in [0.29, 0.717) is 22.8 Å². The van der Waals surface area contributed by atoms with Crippen LogP contribution in [-0.4, -0.2) is 18.6 Å². The van der Waals surface area contributed by atoms with E-state index in [9.17, 15) is 9.18 Å². The molecule has 0 aliphatic carbocycles. The Labute approximate surface area is 145 Å². The number of esters is 1. The highest BCUT2D eigenvalue weighted by molar-refractivity contribution is 6.31. The minimum atomic E-state index is -1.10. The molecule has 2 aromatic carbocycles. The Morgan fingerprint density at radius 1 is 1.25 bits per heavy atom. The number of carbonyl (C=O) groups is 1. The fraction of sp³-hybridized carbons (Fsp3) is 0.278. The van der Waals surface area contributed by atoms with E-state index in [2.05, 4.69) is 4.74 Å². The maximum Gasteiger partial charge on any atom is 0.325 e. The average Bonchev–Trinajstić information content (AvgIpc) is 2.54. The van der Waals surface area contributed by atoms with Crippen molar-refractivity contribution < 1.29 is 18.7 Å². The van der Waals surface area contributed by atoms with E-state index < -0.39 is 17.3 Å². The van der Waals surface area contributed by atoms with Crippen LogP contribution in [0.5, 0.6) is 5.75 Å². The lowest BCUT2D eigenvalue weighted by Crippen LogP contribution is -2.47. The van der Waals surface area contributed by atoms with Gasteiger partial charge in [0.1, 0.15) is 23.7 Å². The van der Waals surface area contributed by atoms with Crippen LogP contribution in [0.3, 0.4) is 0 Å². The van der Waals surface area contributed by atoms with Gasteiger partial charge in [0.2, 0.25) is 0 Å². The molecule has 0 spiro atoms. The molecule has 0 unspecified atom stereocenters. The van der Waals surface area contributed by atoms with Crippen LogP contribution in [0.4, 0.5) is 4.39 Å². The van der Waals surface area contributed by atoms with Gasteiger partial charge in [-0.2, -0.15) is 0 Å². The summed E-state index contributed by atoms with van der Waals surface area (Å²) >= 11 is 5.96. The molecule has 1 atom stereocenters. The Balaban J connectivity index is 2.01. The zero-order valence-electron chi connectivity index (χ0n) is 13.5. The van der Waals surface area contributed by atoms with Crippen molar-refractivity contribution in [1.82, 2.24) is 0 Å². The summed E-state index contributed by atoms with van der Waals surface area (Å²) in [6.45, 7) is 1.64. The molecule has 2 N–H and O–H groups in total. The highest BCUT2D eigenvalue weighted by atomic mass is 35.5. The van der Waals surface area contributed by atoms with E-state index in [4.69, 9.17) is 22.1 Å². The third kappa shape index (κ3) is 4.46. The molecule has 0 fully saturated rings. The number of rotatable bonds is 6. The maximum atomic E-state index is 13.7. The summed E-state index contributed by atoms with van der Waals surface area (Å²) in [6.07, 6.45) is 0.332. The monoisotopic (exact) mass is 351 g/mol. The minimum Gasteiger partial charge on any atom is -0.489 e. The van der Waals surface area contributed by atoms with Gasteiger partial charge >= 0.3 is 5.97 Å². The van der Waals surface area contributed by atoms with Gasteiger partial charge in [0, 0.05) is 12.0 Å². The van der Waals surface area contributed by atoms with Crippen LogP contribution in [0.25, 0.3) is 0 Å². The van der Waals surface area contributed by atoms with E-state index in [1.165, 1.54) is 13.2 Å². The molecule has 128 valence electrons. The molecule has 0 aliphatic rings. The van der Waals surface area contributed by atoms with Crippen molar-refractivity contribution in [2.24, 2.45) is 5.73 Å². The number of hydrogen-bond donors (Lipinski definition) is 1. The number of halogens is 2. The van der Waals surface area contributed by atoms with Crippen LogP contribution in [-0.2, 0) is 22.6 Å². The van der Waals surface area contributed by atoms with Crippen molar-refractivity contribution in [3.05, 3.63) is 64.4 Å². The van der Waals surface area contributed by atoms with Crippen molar-refractivity contribution in [3.8, 4) is 5.75 Å². The normalized spacial score (nSPS) is 13.2. The largest absolute Gasteiger partial charge is 0.489 e. The Hall–Kier alpha value is -2.11. The molecule has 0 aliphatic heterocycles. The van der Waals surface area contributed by atoms with Crippen LogP contribution in [0.2, 0.25) is 5.02 Å². The first kappa shape index (κ1) is 18.2. The van der Waals surface area contributed by atoms with Gasteiger partial charge in [-0.25, -0.2) is 4.39 Å². The van der Waals surface area contributed by atoms with Gasteiger partial charge in [0.05, 0.1) is 12.1 Å². The van der Waals surface area contributed by atoms with E-state index in [1.54, 1.807) is 43.3 Å². The summed E-state index contributed by atoms with van der Waals surface area (Å²) in [5.74, 6) is -0.317. The van der Waals surface area contributed by atoms with Gasteiger partial charge in [-0.3, -0.25) is 4.79 Å². The lowest BCUT2D eigenvalue weighted by atomic mass is 9.94. The summed E-state index contributed by atoms with van der Waals surface area (Å²) in [7, 11) is 1.30. The molecule has 0 heterocycles. The van der Waals surface area contributed by atoms with Crippen molar-refractivity contribution in [1.29, 1.82) is 0 Å². The number of hydrogen-bond acceptors (Lipinski definition) is 4. The molecule has 0 bridgehead atoms. The summed E-state index contributed by atoms with van der Waals surface area (Å²) < 4.78 is 23.9. The van der Waals surface area contributed by atoms with Crippen LogP contribution in [0.1, 0.15) is 18.1 Å². The Morgan fingerprint density at radius 2 is 1.92 bits per heavy atom. The molecule has 24 heavy (non-hydrogen) atoms. The predicted octanol–water partition coefficient (Wildman–Crippen LogP) is 3.49. The average molecular weight is 352 g/mol. The number of carbonyl (C=O) groups excluding carboxylic acids is 1.